The zero-order valence-corrected chi connectivity index (χ0v) is 15.1. The lowest BCUT2D eigenvalue weighted by molar-refractivity contribution is 0.590. The second kappa shape index (κ2) is 5.95. The van der Waals surface area contributed by atoms with Crippen LogP contribution in [0, 0.1) is 0 Å². The Labute approximate surface area is 152 Å². The molecule has 3 heterocycles. The summed E-state index contributed by atoms with van der Waals surface area (Å²) in [5.74, 6) is 1.23. The van der Waals surface area contributed by atoms with Gasteiger partial charge in [-0.25, -0.2) is 9.97 Å². The summed E-state index contributed by atoms with van der Waals surface area (Å²) in [7, 11) is 0. The lowest BCUT2D eigenvalue weighted by Gasteiger charge is -2.19. The number of nitrogens with two attached hydrogens (primary N) is 1. The molecule has 130 valence electrons. The monoisotopic (exact) mass is 343 g/mol. The minimum atomic E-state index is 0.107. The quantitative estimate of drug-likeness (QED) is 0.587. The molecule has 4 rings (SSSR count). The maximum atomic E-state index is 6.12. The van der Waals surface area contributed by atoms with Gasteiger partial charge in [0.1, 0.15) is 17.2 Å². The normalized spacial score (nSPS) is 11.8. The standard InChI is InChI=1S/C21H21N5/c1-21(2,3)14-6-8-15(9-7-14)26-18-10-12-23-13-17(18)25-20(26)16-5-4-11-24-19(16)22/h4-13H,1-3H3,(H2,22,24). The van der Waals surface area contributed by atoms with Crippen molar-refractivity contribution in [2.75, 3.05) is 5.73 Å². The first-order valence-electron chi connectivity index (χ1n) is 8.59. The van der Waals surface area contributed by atoms with Crippen LogP contribution in [0.3, 0.4) is 0 Å². The first-order valence-corrected chi connectivity index (χ1v) is 8.59. The van der Waals surface area contributed by atoms with Gasteiger partial charge >= 0.3 is 0 Å². The summed E-state index contributed by atoms with van der Waals surface area (Å²) in [6.45, 7) is 6.63. The first-order chi connectivity index (χ1) is 12.4. The lowest BCUT2D eigenvalue weighted by Crippen LogP contribution is -2.11. The van der Waals surface area contributed by atoms with Crippen molar-refractivity contribution in [2.45, 2.75) is 26.2 Å². The zero-order valence-electron chi connectivity index (χ0n) is 15.1. The van der Waals surface area contributed by atoms with Crippen molar-refractivity contribution in [3.8, 4) is 17.1 Å². The fourth-order valence-electron chi connectivity index (χ4n) is 3.09. The molecule has 1 aromatic carbocycles. The van der Waals surface area contributed by atoms with Crippen LogP contribution in [0.1, 0.15) is 26.3 Å². The predicted molar refractivity (Wildman–Crippen MR) is 105 cm³/mol. The summed E-state index contributed by atoms with van der Waals surface area (Å²) < 4.78 is 2.11. The van der Waals surface area contributed by atoms with Crippen molar-refractivity contribution >= 4 is 16.9 Å². The highest BCUT2D eigenvalue weighted by Crippen LogP contribution is 2.31. The molecule has 5 nitrogen and oxygen atoms in total. The van der Waals surface area contributed by atoms with Gasteiger partial charge in [0, 0.05) is 18.1 Å². The van der Waals surface area contributed by atoms with Gasteiger partial charge in [-0.05, 0) is 41.3 Å². The molecule has 0 spiro atoms. The van der Waals surface area contributed by atoms with Crippen LogP contribution in [0.5, 0.6) is 0 Å². The number of rotatable bonds is 2. The van der Waals surface area contributed by atoms with E-state index in [1.165, 1.54) is 5.56 Å². The minimum absolute atomic E-state index is 0.107. The first kappa shape index (κ1) is 16.3. The molecule has 0 unspecified atom stereocenters. The van der Waals surface area contributed by atoms with E-state index in [1.54, 1.807) is 18.6 Å². The van der Waals surface area contributed by atoms with E-state index in [9.17, 15) is 0 Å². The predicted octanol–water partition coefficient (Wildman–Crippen LogP) is 4.36. The zero-order chi connectivity index (χ0) is 18.3. The van der Waals surface area contributed by atoms with Crippen LogP contribution < -0.4 is 5.73 Å². The van der Waals surface area contributed by atoms with Crippen LogP contribution in [0.4, 0.5) is 5.82 Å². The van der Waals surface area contributed by atoms with E-state index in [-0.39, 0.29) is 5.41 Å². The highest BCUT2D eigenvalue weighted by atomic mass is 15.1. The topological polar surface area (TPSA) is 69.6 Å². The fourth-order valence-corrected chi connectivity index (χ4v) is 3.09. The molecule has 0 saturated heterocycles. The van der Waals surface area contributed by atoms with Crippen LogP contribution in [0.15, 0.2) is 61.1 Å². The molecule has 0 bridgehead atoms. The number of nitrogen functional groups attached to an aromatic ring is 1. The SMILES string of the molecule is CC(C)(C)c1ccc(-n2c(-c3cccnc3N)nc3cnccc32)cc1. The smallest absolute Gasteiger partial charge is 0.149 e. The minimum Gasteiger partial charge on any atom is -0.383 e. The van der Waals surface area contributed by atoms with Gasteiger partial charge in [-0.1, -0.05) is 32.9 Å². The van der Waals surface area contributed by atoms with E-state index >= 15 is 0 Å². The van der Waals surface area contributed by atoms with Crippen LogP contribution in [-0.2, 0) is 5.41 Å². The van der Waals surface area contributed by atoms with Gasteiger partial charge in [0.15, 0.2) is 0 Å². The molecule has 0 fully saturated rings. The van der Waals surface area contributed by atoms with E-state index in [2.05, 4.69) is 59.6 Å². The summed E-state index contributed by atoms with van der Waals surface area (Å²) in [6, 6.07) is 14.4. The Morgan fingerprint density at radius 3 is 2.42 bits per heavy atom. The molecule has 0 aliphatic carbocycles. The van der Waals surface area contributed by atoms with Gasteiger partial charge < -0.3 is 5.73 Å². The number of aromatic nitrogens is 4. The number of fused-ring (bicyclic) bond motifs is 1. The Hall–Kier alpha value is -3.21. The van der Waals surface area contributed by atoms with Gasteiger partial charge in [0.05, 0.1) is 17.3 Å². The average Bonchev–Trinajstić information content (AvgIpc) is 3.00. The van der Waals surface area contributed by atoms with Crippen molar-refractivity contribution in [3.63, 3.8) is 0 Å². The van der Waals surface area contributed by atoms with E-state index in [0.29, 0.717) is 5.82 Å². The number of hydrogen-bond acceptors (Lipinski definition) is 4. The van der Waals surface area contributed by atoms with Gasteiger partial charge in [-0.3, -0.25) is 9.55 Å². The third-order valence-electron chi connectivity index (χ3n) is 4.53. The molecule has 0 aliphatic rings. The Morgan fingerprint density at radius 1 is 0.962 bits per heavy atom. The Kier molecular flexibility index (Phi) is 3.72. The van der Waals surface area contributed by atoms with Crippen molar-refractivity contribution in [2.24, 2.45) is 0 Å². The Bertz CT molecular complexity index is 1070. The number of benzene rings is 1. The van der Waals surface area contributed by atoms with Gasteiger partial charge in [-0.2, -0.15) is 0 Å². The van der Waals surface area contributed by atoms with Gasteiger partial charge in [0.25, 0.3) is 0 Å². The molecular formula is C21H21N5. The van der Waals surface area contributed by atoms with E-state index in [0.717, 1.165) is 28.1 Å². The molecule has 0 amide bonds. The maximum Gasteiger partial charge on any atom is 0.149 e. The van der Waals surface area contributed by atoms with Gasteiger partial charge in [0.2, 0.25) is 0 Å². The van der Waals surface area contributed by atoms with Crippen molar-refractivity contribution < 1.29 is 0 Å². The number of hydrogen-bond donors (Lipinski definition) is 1. The van der Waals surface area contributed by atoms with E-state index in [1.807, 2.05) is 18.2 Å². The second-order valence-corrected chi connectivity index (χ2v) is 7.37. The van der Waals surface area contributed by atoms with Crippen LogP contribution in [0.2, 0.25) is 0 Å². The molecular weight excluding hydrogens is 322 g/mol. The number of nitrogens with zero attached hydrogens (tertiary/aromatic N) is 4. The Balaban J connectivity index is 1.97. The lowest BCUT2D eigenvalue weighted by atomic mass is 9.87. The summed E-state index contributed by atoms with van der Waals surface area (Å²) in [6.07, 6.45) is 5.23. The fraction of sp³-hybridized carbons (Fsp3) is 0.190. The molecule has 0 saturated carbocycles. The summed E-state index contributed by atoms with van der Waals surface area (Å²) in [5.41, 5.74) is 11.2. The second-order valence-electron chi connectivity index (χ2n) is 7.37. The number of imidazole rings is 1. The highest BCUT2D eigenvalue weighted by molar-refractivity contribution is 5.84. The molecule has 26 heavy (non-hydrogen) atoms. The van der Waals surface area contributed by atoms with Crippen molar-refractivity contribution in [1.29, 1.82) is 0 Å². The van der Waals surface area contributed by atoms with Crippen molar-refractivity contribution in [1.82, 2.24) is 19.5 Å². The number of anilines is 1. The summed E-state index contributed by atoms with van der Waals surface area (Å²) >= 11 is 0. The molecule has 2 N–H and O–H groups in total. The van der Waals surface area contributed by atoms with Gasteiger partial charge in [-0.15, -0.1) is 0 Å². The molecule has 0 aliphatic heterocycles. The molecule has 0 atom stereocenters. The van der Waals surface area contributed by atoms with E-state index in [4.69, 9.17) is 10.7 Å². The highest BCUT2D eigenvalue weighted by Gasteiger charge is 2.18. The number of pyridine rings is 2. The molecule has 4 aromatic rings. The molecule has 0 radical (unpaired) electrons. The Morgan fingerprint density at radius 2 is 1.73 bits per heavy atom. The molecule has 5 heteroatoms. The van der Waals surface area contributed by atoms with Crippen LogP contribution >= 0.6 is 0 Å². The van der Waals surface area contributed by atoms with E-state index < -0.39 is 0 Å². The average molecular weight is 343 g/mol. The van der Waals surface area contributed by atoms with Crippen LogP contribution in [0.25, 0.3) is 28.1 Å². The molecule has 3 aromatic heterocycles. The third-order valence-corrected chi connectivity index (χ3v) is 4.53. The van der Waals surface area contributed by atoms with Crippen molar-refractivity contribution in [3.05, 3.63) is 66.6 Å². The largest absolute Gasteiger partial charge is 0.383 e. The summed E-state index contributed by atoms with van der Waals surface area (Å²) in [4.78, 5) is 13.2. The summed E-state index contributed by atoms with van der Waals surface area (Å²) in [5, 5.41) is 0. The van der Waals surface area contributed by atoms with Crippen LogP contribution in [-0.4, -0.2) is 19.5 Å². The maximum absolute atomic E-state index is 6.12. The third kappa shape index (κ3) is 2.71.